The molecule has 3 heterocycles. The van der Waals surface area contributed by atoms with Crippen LogP contribution < -0.4 is 5.32 Å². The number of nitriles is 1. The van der Waals surface area contributed by atoms with Gasteiger partial charge in [-0.25, -0.2) is 4.98 Å². The first-order chi connectivity index (χ1) is 18.9. The van der Waals surface area contributed by atoms with Crippen LogP contribution in [0.1, 0.15) is 11.1 Å². The van der Waals surface area contributed by atoms with E-state index in [1.165, 1.54) is 11.8 Å². The zero-order valence-electron chi connectivity index (χ0n) is 21.5. The van der Waals surface area contributed by atoms with Gasteiger partial charge in [0, 0.05) is 66.5 Å². The van der Waals surface area contributed by atoms with Gasteiger partial charge < -0.3 is 15.0 Å². The number of imidazole rings is 1. The minimum absolute atomic E-state index is 0.125. The SMILES string of the molecule is CN(CCO)Cc1ccc(-c2ccc3c(Nc4ccc(Sc5nccn5C)c(Cl)c4)c(C#N)cnc3c2)nc1. The molecule has 0 spiro atoms. The first kappa shape index (κ1) is 26.7. The van der Waals surface area contributed by atoms with Crippen molar-refractivity contribution < 1.29 is 5.11 Å². The number of halogens is 1. The van der Waals surface area contributed by atoms with Crippen LogP contribution >= 0.6 is 23.4 Å². The number of aliphatic hydroxyl groups is 1. The molecule has 0 saturated carbocycles. The van der Waals surface area contributed by atoms with Gasteiger partial charge in [-0.2, -0.15) is 5.26 Å². The molecule has 0 aliphatic rings. The van der Waals surface area contributed by atoms with Crippen LogP contribution in [0.25, 0.3) is 22.2 Å². The van der Waals surface area contributed by atoms with Crippen LogP contribution in [0.2, 0.25) is 5.02 Å². The van der Waals surface area contributed by atoms with Gasteiger partial charge in [-0.1, -0.05) is 35.5 Å². The lowest BCUT2D eigenvalue weighted by Gasteiger charge is -2.15. The van der Waals surface area contributed by atoms with Crippen molar-refractivity contribution in [1.29, 1.82) is 5.26 Å². The number of benzene rings is 2. The van der Waals surface area contributed by atoms with E-state index in [-0.39, 0.29) is 6.61 Å². The van der Waals surface area contributed by atoms with Gasteiger partial charge in [0.2, 0.25) is 0 Å². The third-order valence-corrected chi connectivity index (χ3v) is 7.80. The van der Waals surface area contributed by atoms with Gasteiger partial charge in [-0.05, 0) is 49.0 Å². The van der Waals surface area contributed by atoms with Crippen molar-refractivity contribution >= 4 is 45.6 Å². The van der Waals surface area contributed by atoms with E-state index in [1.807, 2.05) is 84.5 Å². The van der Waals surface area contributed by atoms with Crippen molar-refractivity contribution in [2.24, 2.45) is 7.05 Å². The summed E-state index contributed by atoms with van der Waals surface area (Å²) in [6.07, 6.45) is 7.07. The summed E-state index contributed by atoms with van der Waals surface area (Å²) in [6.45, 7) is 1.45. The quantitative estimate of drug-likeness (QED) is 0.233. The fourth-order valence-electron chi connectivity index (χ4n) is 4.18. The molecule has 0 bridgehead atoms. The lowest BCUT2D eigenvalue weighted by atomic mass is 10.0. The zero-order valence-corrected chi connectivity index (χ0v) is 23.0. The molecule has 10 heteroatoms. The maximum absolute atomic E-state index is 9.78. The molecule has 8 nitrogen and oxygen atoms in total. The van der Waals surface area contributed by atoms with Crippen LogP contribution in [0.4, 0.5) is 11.4 Å². The van der Waals surface area contributed by atoms with E-state index in [1.54, 1.807) is 12.4 Å². The normalized spacial score (nSPS) is 11.2. The number of aliphatic hydroxyl groups excluding tert-OH is 1. The number of rotatable bonds is 9. The van der Waals surface area contributed by atoms with Crippen LogP contribution in [0, 0.1) is 11.3 Å². The number of anilines is 2. The second-order valence-corrected chi connectivity index (χ2v) is 10.5. The molecule has 0 radical (unpaired) electrons. The maximum Gasteiger partial charge on any atom is 0.172 e. The minimum atomic E-state index is 0.125. The molecular formula is C29H26ClN7OS. The Morgan fingerprint density at radius 1 is 1.10 bits per heavy atom. The highest BCUT2D eigenvalue weighted by atomic mass is 35.5. The van der Waals surface area contributed by atoms with Crippen molar-refractivity contribution in [3.05, 3.63) is 89.5 Å². The fourth-order valence-corrected chi connectivity index (χ4v) is 5.28. The number of nitrogens with one attached hydrogen (secondary N) is 1. The van der Waals surface area contributed by atoms with E-state index < -0.39 is 0 Å². The molecule has 0 saturated heterocycles. The Hall–Kier alpha value is -3.94. The Labute approximate surface area is 235 Å². The fraction of sp³-hybridized carbons (Fsp3) is 0.172. The van der Waals surface area contributed by atoms with Gasteiger partial charge in [0.15, 0.2) is 5.16 Å². The minimum Gasteiger partial charge on any atom is -0.395 e. The van der Waals surface area contributed by atoms with E-state index in [4.69, 9.17) is 16.7 Å². The molecule has 5 rings (SSSR count). The Morgan fingerprint density at radius 3 is 2.67 bits per heavy atom. The summed E-state index contributed by atoms with van der Waals surface area (Å²) >= 11 is 8.09. The molecule has 3 aromatic heterocycles. The van der Waals surface area contributed by atoms with Crippen molar-refractivity contribution in [2.45, 2.75) is 16.6 Å². The van der Waals surface area contributed by atoms with Gasteiger partial charge in [0.1, 0.15) is 6.07 Å². The molecule has 0 aliphatic carbocycles. The highest BCUT2D eigenvalue weighted by Crippen LogP contribution is 2.36. The Kier molecular flexibility index (Phi) is 8.10. The monoisotopic (exact) mass is 555 g/mol. The summed E-state index contributed by atoms with van der Waals surface area (Å²) in [7, 11) is 3.90. The van der Waals surface area contributed by atoms with Gasteiger partial charge in [0.25, 0.3) is 0 Å². The summed E-state index contributed by atoms with van der Waals surface area (Å²) in [6, 6.07) is 17.9. The molecule has 0 unspecified atom stereocenters. The molecule has 0 aliphatic heterocycles. The number of nitrogens with zero attached hydrogens (tertiary/aromatic N) is 6. The number of likely N-dealkylation sites (N-methyl/N-ethyl adjacent to an activating group) is 1. The number of hydrogen-bond acceptors (Lipinski definition) is 8. The first-order valence-corrected chi connectivity index (χ1v) is 13.4. The van der Waals surface area contributed by atoms with E-state index in [2.05, 4.69) is 26.3 Å². The number of fused-ring (bicyclic) bond motifs is 1. The zero-order chi connectivity index (χ0) is 27.4. The lowest BCUT2D eigenvalue weighted by molar-refractivity contribution is 0.217. The van der Waals surface area contributed by atoms with Crippen molar-refractivity contribution in [3.8, 4) is 17.3 Å². The molecule has 196 valence electrons. The summed E-state index contributed by atoms with van der Waals surface area (Å²) in [5.74, 6) is 0. The smallest absolute Gasteiger partial charge is 0.172 e. The molecular weight excluding hydrogens is 530 g/mol. The summed E-state index contributed by atoms with van der Waals surface area (Å²) in [4.78, 5) is 16.4. The average molecular weight is 556 g/mol. The second kappa shape index (κ2) is 11.8. The Bertz CT molecular complexity index is 1660. The van der Waals surface area contributed by atoms with Gasteiger partial charge in [-0.3, -0.25) is 14.9 Å². The third kappa shape index (κ3) is 6.05. The number of pyridine rings is 2. The predicted octanol–water partition coefficient (Wildman–Crippen LogP) is 5.87. The molecule has 0 atom stereocenters. The number of aryl methyl sites for hydroxylation is 1. The molecule has 2 aromatic carbocycles. The average Bonchev–Trinajstić information content (AvgIpc) is 3.34. The van der Waals surface area contributed by atoms with E-state index in [0.717, 1.165) is 43.5 Å². The van der Waals surface area contributed by atoms with Crippen LogP contribution in [-0.4, -0.2) is 49.7 Å². The van der Waals surface area contributed by atoms with Crippen molar-refractivity contribution in [1.82, 2.24) is 24.4 Å². The molecule has 5 aromatic rings. The van der Waals surface area contributed by atoms with Crippen LogP contribution in [-0.2, 0) is 13.6 Å². The molecule has 39 heavy (non-hydrogen) atoms. The van der Waals surface area contributed by atoms with Crippen LogP contribution in [0.15, 0.2) is 83.4 Å². The summed E-state index contributed by atoms with van der Waals surface area (Å²) < 4.78 is 1.94. The van der Waals surface area contributed by atoms with Gasteiger partial charge >= 0.3 is 0 Å². The standard InChI is InChI=1S/C29H26ClN7OS/c1-36(11-12-38)18-19-3-7-25(33-16-19)20-4-6-23-26(13-20)34-17-21(15-31)28(23)35-22-5-8-27(24(30)14-22)39-29-32-9-10-37(29)2/h3-10,13-14,16-17,38H,11-12,18H2,1-2H3,(H,34,35). The van der Waals surface area contributed by atoms with Gasteiger partial charge in [0.05, 0.1) is 34.1 Å². The van der Waals surface area contributed by atoms with Crippen molar-refractivity contribution in [2.75, 3.05) is 25.5 Å². The second-order valence-electron chi connectivity index (χ2n) is 9.10. The van der Waals surface area contributed by atoms with E-state index in [9.17, 15) is 5.26 Å². The first-order valence-electron chi connectivity index (χ1n) is 12.2. The number of hydrogen-bond donors (Lipinski definition) is 2. The summed E-state index contributed by atoms with van der Waals surface area (Å²) in [5.41, 5.74) is 5.45. The predicted molar refractivity (Wildman–Crippen MR) is 155 cm³/mol. The Balaban J connectivity index is 1.40. The largest absolute Gasteiger partial charge is 0.395 e. The van der Waals surface area contributed by atoms with Crippen molar-refractivity contribution in [3.63, 3.8) is 0 Å². The molecule has 0 fully saturated rings. The van der Waals surface area contributed by atoms with E-state index >= 15 is 0 Å². The van der Waals surface area contributed by atoms with Crippen LogP contribution in [0.3, 0.4) is 0 Å². The van der Waals surface area contributed by atoms with Crippen LogP contribution in [0.5, 0.6) is 0 Å². The van der Waals surface area contributed by atoms with E-state index in [0.29, 0.717) is 29.4 Å². The Morgan fingerprint density at radius 2 is 1.97 bits per heavy atom. The molecule has 2 N–H and O–H groups in total. The lowest BCUT2D eigenvalue weighted by Crippen LogP contribution is -2.21. The topological polar surface area (TPSA) is 103 Å². The summed E-state index contributed by atoms with van der Waals surface area (Å²) in [5, 5.41) is 24.5. The maximum atomic E-state index is 9.78. The van der Waals surface area contributed by atoms with Gasteiger partial charge in [-0.15, -0.1) is 0 Å². The third-order valence-electron chi connectivity index (χ3n) is 6.22. The number of aromatic nitrogens is 4. The highest BCUT2D eigenvalue weighted by molar-refractivity contribution is 7.99. The molecule has 0 amide bonds. The highest BCUT2D eigenvalue weighted by Gasteiger charge is 2.13.